The number of hydrogen-bond donors (Lipinski definition) is 1. The smallest absolute Gasteiger partial charge is 0.354 e. The van der Waals surface area contributed by atoms with Gasteiger partial charge in [-0.15, -0.1) is 0 Å². The van der Waals surface area contributed by atoms with Crippen molar-refractivity contribution in [2.75, 3.05) is 7.05 Å². The van der Waals surface area contributed by atoms with Crippen LogP contribution >= 0.6 is 0 Å². The van der Waals surface area contributed by atoms with E-state index in [2.05, 4.69) is 10.2 Å². The number of aromatic carboxylic acids is 1. The Hall–Kier alpha value is -2.64. The lowest BCUT2D eigenvalue weighted by atomic mass is 10.2. The highest BCUT2D eigenvalue weighted by Gasteiger charge is 2.24. The first-order valence-corrected chi connectivity index (χ1v) is 6.98. The van der Waals surface area contributed by atoms with Gasteiger partial charge in [-0.2, -0.15) is 10.2 Å². The molecule has 0 radical (unpaired) electrons. The second kappa shape index (κ2) is 6.42. The Morgan fingerprint density at radius 1 is 1.41 bits per heavy atom. The molecular formula is C14H19N5O3. The molecule has 8 heteroatoms. The average Bonchev–Trinajstić information content (AvgIpc) is 3.14. The highest BCUT2D eigenvalue weighted by molar-refractivity contribution is 5.87. The Morgan fingerprint density at radius 3 is 2.73 bits per heavy atom. The lowest BCUT2D eigenvalue weighted by molar-refractivity contribution is -0.133. The molecule has 1 unspecified atom stereocenters. The zero-order valence-electron chi connectivity index (χ0n) is 12.8. The maximum absolute atomic E-state index is 12.4. The van der Waals surface area contributed by atoms with Crippen LogP contribution in [0.5, 0.6) is 0 Å². The Balaban J connectivity index is 2.09. The minimum atomic E-state index is -1.11. The maximum Gasteiger partial charge on any atom is 0.354 e. The van der Waals surface area contributed by atoms with Gasteiger partial charge in [-0.3, -0.25) is 9.48 Å². The molecule has 2 aromatic rings. The fourth-order valence-corrected chi connectivity index (χ4v) is 2.20. The van der Waals surface area contributed by atoms with Gasteiger partial charge >= 0.3 is 5.97 Å². The molecule has 118 valence electrons. The molecule has 0 saturated carbocycles. The second-order valence-corrected chi connectivity index (χ2v) is 5.00. The number of carbonyl (C=O) groups is 2. The number of nitrogens with zero attached hydrogens (tertiary/aromatic N) is 5. The Bertz CT molecular complexity index is 676. The van der Waals surface area contributed by atoms with Crippen LogP contribution in [0.25, 0.3) is 0 Å². The van der Waals surface area contributed by atoms with Crippen molar-refractivity contribution in [3.63, 3.8) is 0 Å². The summed E-state index contributed by atoms with van der Waals surface area (Å²) in [5, 5.41) is 17.3. The van der Waals surface area contributed by atoms with E-state index in [4.69, 9.17) is 5.11 Å². The summed E-state index contributed by atoms with van der Waals surface area (Å²) in [4.78, 5) is 25.1. The van der Waals surface area contributed by atoms with Gasteiger partial charge in [-0.25, -0.2) is 9.48 Å². The van der Waals surface area contributed by atoms with E-state index in [-0.39, 0.29) is 11.6 Å². The molecule has 0 aliphatic carbocycles. The molecule has 0 aliphatic rings. The number of carbonyl (C=O) groups excluding carboxylic acids is 1. The van der Waals surface area contributed by atoms with Gasteiger partial charge < -0.3 is 10.0 Å². The number of aryl methyl sites for hydroxylation is 1. The monoisotopic (exact) mass is 305 g/mol. The van der Waals surface area contributed by atoms with Crippen LogP contribution in [0.1, 0.15) is 36.1 Å². The van der Waals surface area contributed by atoms with Crippen LogP contribution in [0.4, 0.5) is 0 Å². The van der Waals surface area contributed by atoms with E-state index in [9.17, 15) is 9.59 Å². The number of rotatable bonds is 6. The fourth-order valence-electron chi connectivity index (χ4n) is 2.20. The molecule has 2 heterocycles. The summed E-state index contributed by atoms with van der Waals surface area (Å²) in [5.74, 6) is -1.33. The van der Waals surface area contributed by atoms with E-state index in [1.807, 2.05) is 19.2 Å². The zero-order valence-corrected chi connectivity index (χ0v) is 12.8. The number of amides is 1. The molecule has 0 aromatic carbocycles. The average molecular weight is 305 g/mol. The van der Waals surface area contributed by atoms with E-state index in [1.54, 1.807) is 18.7 Å². The summed E-state index contributed by atoms with van der Waals surface area (Å²) >= 11 is 0. The van der Waals surface area contributed by atoms with Crippen LogP contribution in [0, 0.1) is 0 Å². The summed E-state index contributed by atoms with van der Waals surface area (Å²) in [7, 11) is 1.66. The van der Waals surface area contributed by atoms with Gasteiger partial charge in [0.2, 0.25) is 5.91 Å². The highest BCUT2D eigenvalue weighted by atomic mass is 16.4. The van der Waals surface area contributed by atoms with Gasteiger partial charge in [0.05, 0.1) is 12.2 Å². The molecule has 22 heavy (non-hydrogen) atoms. The molecule has 1 amide bonds. The molecule has 0 saturated heterocycles. The number of carboxylic acid groups (broad SMARTS) is 1. The van der Waals surface area contributed by atoms with Crippen LogP contribution in [-0.4, -0.2) is 48.5 Å². The van der Waals surface area contributed by atoms with Crippen molar-refractivity contribution in [1.82, 2.24) is 24.5 Å². The first-order valence-electron chi connectivity index (χ1n) is 6.98. The van der Waals surface area contributed by atoms with Gasteiger partial charge in [-0.05, 0) is 26.0 Å². The summed E-state index contributed by atoms with van der Waals surface area (Å²) in [6, 6.07) is 2.53. The molecule has 0 bridgehead atoms. The van der Waals surface area contributed by atoms with E-state index in [0.717, 1.165) is 12.2 Å². The predicted molar refractivity (Wildman–Crippen MR) is 78.3 cm³/mol. The largest absolute Gasteiger partial charge is 0.477 e. The van der Waals surface area contributed by atoms with E-state index < -0.39 is 12.0 Å². The standard InChI is InChI=1S/C14H19N5O3/c1-4-18-8-6-11(16-18)9-17(3)13(20)10(2)19-12(14(21)22)5-7-15-19/h5-8,10H,4,9H2,1-3H3,(H,21,22). The predicted octanol–water partition coefficient (Wildman–Crippen LogP) is 1.02. The maximum atomic E-state index is 12.4. The first kappa shape index (κ1) is 15.7. The summed E-state index contributed by atoms with van der Waals surface area (Å²) < 4.78 is 3.00. The van der Waals surface area contributed by atoms with Crippen LogP contribution in [0.3, 0.4) is 0 Å². The zero-order chi connectivity index (χ0) is 16.3. The van der Waals surface area contributed by atoms with Gasteiger partial charge in [0.1, 0.15) is 11.7 Å². The molecule has 2 aromatic heterocycles. The Labute approximate surface area is 127 Å². The van der Waals surface area contributed by atoms with Crippen LogP contribution in [-0.2, 0) is 17.9 Å². The van der Waals surface area contributed by atoms with Gasteiger partial charge in [-0.1, -0.05) is 0 Å². The van der Waals surface area contributed by atoms with Crippen molar-refractivity contribution in [2.24, 2.45) is 0 Å². The number of aromatic nitrogens is 4. The van der Waals surface area contributed by atoms with Crippen molar-refractivity contribution in [3.05, 3.63) is 35.9 Å². The van der Waals surface area contributed by atoms with Gasteiger partial charge in [0, 0.05) is 26.0 Å². The van der Waals surface area contributed by atoms with Gasteiger partial charge in [0.15, 0.2) is 0 Å². The van der Waals surface area contributed by atoms with Crippen LogP contribution in [0.15, 0.2) is 24.5 Å². The summed E-state index contributed by atoms with van der Waals surface area (Å²) in [5.41, 5.74) is 0.772. The van der Waals surface area contributed by atoms with E-state index in [1.165, 1.54) is 21.8 Å². The van der Waals surface area contributed by atoms with Crippen molar-refractivity contribution >= 4 is 11.9 Å². The Morgan fingerprint density at radius 2 is 2.14 bits per heavy atom. The van der Waals surface area contributed by atoms with E-state index in [0.29, 0.717) is 6.54 Å². The molecule has 1 atom stereocenters. The Kier molecular flexibility index (Phi) is 4.59. The molecular weight excluding hydrogens is 286 g/mol. The van der Waals surface area contributed by atoms with Gasteiger partial charge in [0.25, 0.3) is 0 Å². The van der Waals surface area contributed by atoms with Crippen molar-refractivity contribution in [1.29, 1.82) is 0 Å². The molecule has 0 aliphatic heterocycles. The quantitative estimate of drug-likeness (QED) is 0.860. The number of hydrogen-bond acceptors (Lipinski definition) is 4. The fraction of sp³-hybridized carbons (Fsp3) is 0.429. The normalized spacial score (nSPS) is 12.1. The van der Waals surface area contributed by atoms with E-state index >= 15 is 0 Å². The minimum Gasteiger partial charge on any atom is -0.477 e. The lowest BCUT2D eigenvalue weighted by Gasteiger charge is -2.21. The summed E-state index contributed by atoms with van der Waals surface area (Å²) in [6.07, 6.45) is 3.23. The third-order valence-electron chi connectivity index (χ3n) is 3.41. The first-order chi connectivity index (χ1) is 10.4. The van der Waals surface area contributed by atoms with Crippen molar-refractivity contribution in [3.8, 4) is 0 Å². The van der Waals surface area contributed by atoms with Crippen LogP contribution < -0.4 is 0 Å². The molecule has 0 spiro atoms. The van der Waals surface area contributed by atoms with Crippen molar-refractivity contribution < 1.29 is 14.7 Å². The third kappa shape index (κ3) is 3.16. The van der Waals surface area contributed by atoms with Crippen molar-refractivity contribution in [2.45, 2.75) is 33.0 Å². The highest BCUT2D eigenvalue weighted by Crippen LogP contribution is 2.13. The van der Waals surface area contributed by atoms with Crippen LogP contribution in [0.2, 0.25) is 0 Å². The molecule has 2 rings (SSSR count). The number of carboxylic acids is 1. The molecule has 0 fully saturated rings. The molecule has 1 N–H and O–H groups in total. The lowest BCUT2D eigenvalue weighted by Crippen LogP contribution is -2.34. The topological polar surface area (TPSA) is 93.2 Å². The third-order valence-corrected chi connectivity index (χ3v) is 3.41. The SMILES string of the molecule is CCn1ccc(CN(C)C(=O)C(C)n2nccc2C(=O)O)n1. The summed E-state index contributed by atoms with van der Waals surface area (Å²) in [6.45, 7) is 4.74. The minimum absolute atomic E-state index is 0.00971. The second-order valence-electron chi connectivity index (χ2n) is 5.00. The number of likely N-dealkylation sites (N-methyl/N-ethyl adjacent to an activating group) is 1. The molecule has 8 nitrogen and oxygen atoms in total.